The zero-order valence-corrected chi connectivity index (χ0v) is 17.4. The maximum atomic E-state index is 12.8. The average molecular weight is 451 g/mol. The minimum atomic E-state index is -4.46. The summed E-state index contributed by atoms with van der Waals surface area (Å²) in [6.45, 7) is 5.55. The van der Waals surface area contributed by atoms with Crippen LogP contribution in [-0.4, -0.2) is 36.5 Å². The van der Waals surface area contributed by atoms with Crippen LogP contribution in [0.3, 0.4) is 0 Å². The number of rotatable bonds is 5. The van der Waals surface area contributed by atoms with Gasteiger partial charge in [0.15, 0.2) is 0 Å². The summed E-state index contributed by atoms with van der Waals surface area (Å²) in [7, 11) is 0. The SMILES string of the molecule is CC(C)C(Nc1ccc(C(F)(F)F)cc1Cl)C(=O)N1CCC(CN)C1.Cl.Cl. The second-order valence-electron chi connectivity index (χ2n) is 6.73. The lowest BCUT2D eigenvalue weighted by atomic mass is 10.0. The smallest absolute Gasteiger partial charge is 0.372 e. The number of halogens is 6. The summed E-state index contributed by atoms with van der Waals surface area (Å²) in [5.74, 6) is 0.163. The Morgan fingerprint density at radius 3 is 2.44 bits per heavy atom. The number of hydrogen-bond acceptors (Lipinski definition) is 3. The highest BCUT2D eigenvalue weighted by molar-refractivity contribution is 6.33. The van der Waals surface area contributed by atoms with Crippen LogP contribution < -0.4 is 11.1 Å². The molecule has 1 aromatic carbocycles. The molecule has 1 aliphatic rings. The maximum absolute atomic E-state index is 12.8. The first-order chi connectivity index (χ1) is 11.6. The Morgan fingerprint density at radius 2 is 2.00 bits per heavy atom. The summed E-state index contributed by atoms with van der Waals surface area (Å²) in [4.78, 5) is 14.5. The van der Waals surface area contributed by atoms with E-state index in [1.165, 1.54) is 6.07 Å². The Hall–Kier alpha value is -0.890. The minimum Gasteiger partial charge on any atom is -0.372 e. The average Bonchev–Trinajstić information content (AvgIpc) is 3.00. The fraction of sp³-hybridized carbons (Fsp3) is 0.588. The van der Waals surface area contributed by atoms with Crippen molar-refractivity contribution in [2.75, 3.05) is 25.0 Å². The molecule has 0 saturated carbocycles. The topological polar surface area (TPSA) is 58.4 Å². The summed E-state index contributed by atoms with van der Waals surface area (Å²) >= 11 is 5.99. The molecule has 0 aliphatic carbocycles. The van der Waals surface area contributed by atoms with E-state index in [1.807, 2.05) is 13.8 Å². The van der Waals surface area contributed by atoms with Gasteiger partial charge in [0.05, 0.1) is 16.3 Å². The zero-order valence-electron chi connectivity index (χ0n) is 15.1. The summed E-state index contributed by atoms with van der Waals surface area (Å²) in [5.41, 5.74) is 5.16. The number of carbonyl (C=O) groups is 1. The van der Waals surface area contributed by atoms with E-state index in [1.54, 1.807) is 4.90 Å². The van der Waals surface area contributed by atoms with E-state index in [4.69, 9.17) is 17.3 Å². The fourth-order valence-corrected chi connectivity index (χ4v) is 3.15. The number of nitrogens with two attached hydrogens (primary N) is 1. The van der Waals surface area contributed by atoms with Crippen molar-refractivity contribution >= 4 is 48.0 Å². The van der Waals surface area contributed by atoms with Crippen LogP contribution >= 0.6 is 36.4 Å². The second kappa shape index (κ2) is 10.6. The van der Waals surface area contributed by atoms with Crippen LogP contribution in [0.2, 0.25) is 5.02 Å². The van der Waals surface area contributed by atoms with Crippen LogP contribution in [-0.2, 0) is 11.0 Å². The predicted octanol–water partition coefficient (Wildman–Crippen LogP) is 4.45. The first kappa shape index (κ1) is 26.1. The molecule has 1 aliphatic heterocycles. The molecule has 2 atom stereocenters. The fourth-order valence-electron chi connectivity index (χ4n) is 2.91. The van der Waals surface area contributed by atoms with E-state index in [-0.39, 0.29) is 41.7 Å². The first-order valence-corrected chi connectivity index (χ1v) is 8.63. The summed E-state index contributed by atoms with van der Waals surface area (Å²) in [6.07, 6.45) is -3.59. The van der Waals surface area contributed by atoms with Gasteiger partial charge in [0, 0.05) is 13.1 Å². The number of hydrogen-bond donors (Lipinski definition) is 2. The van der Waals surface area contributed by atoms with Crippen molar-refractivity contribution in [3.63, 3.8) is 0 Å². The molecule has 4 nitrogen and oxygen atoms in total. The molecule has 3 N–H and O–H groups in total. The lowest BCUT2D eigenvalue weighted by Crippen LogP contribution is -2.45. The number of nitrogens with one attached hydrogen (secondary N) is 1. The van der Waals surface area contributed by atoms with Gasteiger partial charge in [0.2, 0.25) is 5.91 Å². The van der Waals surface area contributed by atoms with Crippen molar-refractivity contribution in [1.29, 1.82) is 0 Å². The van der Waals surface area contributed by atoms with Gasteiger partial charge in [-0.3, -0.25) is 4.79 Å². The molecule has 0 bridgehead atoms. The highest BCUT2D eigenvalue weighted by Gasteiger charge is 2.33. The van der Waals surface area contributed by atoms with Crippen molar-refractivity contribution in [3.05, 3.63) is 28.8 Å². The van der Waals surface area contributed by atoms with Gasteiger partial charge in [-0.2, -0.15) is 13.2 Å². The van der Waals surface area contributed by atoms with Crippen molar-refractivity contribution in [2.45, 2.75) is 32.5 Å². The van der Waals surface area contributed by atoms with Gasteiger partial charge in [-0.15, -0.1) is 24.8 Å². The highest BCUT2D eigenvalue weighted by Crippen LogP contribution is 2.34. The second-order valence-corrected chi connectivity index (χ2v) is 7.14. The van der Waals surface area contributed by atoms with Gasteiger partial charge in [0.25, 0.3) is 0 Å². The molecule has 10 heteroatoms. The molecule has 1 heterocycles. The van der Waals surface area contributed by atoms with E-state index < -0.39 is 17.8 Å². The van der Waals surface area contributed by atoms with Crippen molar-refractivity contribution < 1.29 is 18.0 Å². The summed E-state index contributed by atoms with van der Waals surface area (Å²) in [6, 6.07) is 2.52. The van der Waals surface area contributed by atoms with Crippen LogP contribution in [0.25, 0.3) is 0 Å². The third-order valence-corrected chi connectivity index (χ3v) is 4.78. The molecule has 1 fully saturated rings. The van der Waals surface area contributed by atoms with Crippen LogP contribution in [0.4, 0.5) is 18.9 Å². The molecule has 0 spiro atoms. The predicted molar refractivity (Wildman–Crippen MR) is 107 cm³/mol. The molecular weight excluding hydrogens is 426 g/mol. The normalized spacial score (nSPS) is 17.9. The Bertz CT molecular complexity index is 629. The van der Waals surface area contributed by atoms with E-state index >= 15 is 0 Å². The Morgan fingerprint density at radius 1 is 1.37 bits per heavy atom. The van der Waals surface area contributed by atoms with Crippen LogP contribution in [0.1, 0.15) is 25.8 Å². The molecule has 1 amide bonds. The lowest BCUT2D eigenvalue weighted by molar-refractivity contribution is -0.137. The first-order valence-electron chi connectivity index (χ1n) is 8.25. The third kappa shape index (κ3) is 6.59. The lowest BCUT2D eigenvalue weighted by Gasteiger charge is -2.28. The molecule has 0 radical (unpaired) electrons. The Labute approximate surface area is 174 Å². The number of anilines is 1. The molecule has 1 aromatic rings. The van der Waals surface area contributed by atoms with Crippen molar-refractivity contribution in [2.24, 2.45) is 17.6 Å². The molecule has 0 aromatic heterocycles. The van der Waals surface area contributed by atoms with E-state index in [0.29, 0.717) is 31.2 Å². The quantitative estimate of drug-likeness (QED) is 0.697. The van der Waals surface area contributed by atoms with Crippen LogP contribution in [0, 0.1) is 11.8 Å². The number of nitrogens with zero attached hydrogens (tertiary/aromatic N) is 1. The monoisotopic (exact) mass is 449 g/mol. The van der Waals surface area contributed by atoms with Crippen LogP contribution in [0.15, 0.2) is 18.2 Å². The van der Waals surface area contributed by atoms with E-state index in [9.17, 15) is 18.0 Å². The molecule has 1 saturated heterocycles. The number of alkyl halides is 3. The standard InChI is InChI=1S/C17H23ClF3N3O.2ClH/c1-10(2)15(16(25)24-6-5-11(8-22)9-24)23-14-4-3-12(7-13(14)18)17(19,20)21;;/h3-4,7,10-11,15,23H,5-6,8-9,22H2,1-2H3;2*1H. The Balaban J connectivity index is 0.00000338. The zero-order chi connectivity index (χ0) is 18.8. The van der Waals surface area contributed by atoms with Gasteiger partial charge in [0.1, 0.15) is 6.04 Å². The molecule has 2 unspecified atom stereocenters. The maximum Gasteiger partial charge on any atom is 0.416 e. The molecule has 2 rings (SSSR count). The number of amides is 1. The Kier molecular flexibility index (Phi) is 10.2. The number of carbonyl (C=O) groups excluding carboxylic acids is 1. The minimum absolute atomic E-state index is 0. The van der Waals surface area contributed by atoms with Gasteiger partial charge in [-0.1, -0.05) is 25.4 Å². The number of likely N-dealkylation sites (tertiary alicyclic amines) is 1. The number of benzene rings is 1. The third-order valence-electron chi connectivity index (χ3n) is 4.47. The van der Waals surface area contributed by atoms with E-state index in [0.717, 1.165) is 18.6 Å². The van der Waals surface area contributed by atoms with Crippen LogP contribution in [0.5, 0.6) is 0 Å². The van der Waals surface area contributed by atoms with E-state index in [2.05, 4.69) is 5.32 Å². The molecule has 27 heavy (non-hydrogen) atoms. The van der Waals surface area contributed by atoms with Gasteiger partial charge in [-0.25, -0.2) is 0 Å². The van der Waals surface area contributed by atoms with Gasteiger partial charge < -0.3 is 16.0 Å². The van der Waals surface area contributed by atoms with Gasteiger partial charge in [-0.05, 0) is 43.0 Å². The molecule has 156 valence electrons. The van der Waals surface area contributed by atoms with Crippen molar-refractivity contribution in [1.82, 2.24) is 4.90 Å². The largest absolute Gasteiger partial charge is 0.416 e. The highest BCUT2D eigenvalue weighted by atomic mass is 35.5. The summed E-state index contributed by atoms with van der Waals surface area (Å²) in [5, 5.41) is 2.95. The van der Waals surface area contributed by atoms with Crippen molar-refractivity contribution in [3.8, 4) is 0 Å². The molecular formula is C17H25Cl3F3N3O. The summed E-state index contributed by atoms with van der Waals surface area (Å²) < 4.78 is 38.2. The van der Waals surface area contributed by atoms with Gasteiger partial charge >= 0.3 is 6.18 Å².